The molecule has 6 heteroatoms. The zero-order valence-electron chi connectivity index (χ0n) is 16.2. The number of rotatable bonds is 4. The second kappa shape index (κ2) is 8.93. The molecule has 3 aliphatic heterocycles. The second-order valence-electron chi connectivity index (χ2n) is 7.99. The monoisotopic (exact) mass is 372 g/mol. The summed E-state index contributed by atoms with van der Waals surface area (Å²) in [5.41, 5.74) is 1.29. The van der Waals surface area contributed by atoms with Gasteiger partial charge in [-0.05, 0) is 37.3 Å². The van der Waals surface area contributed by atoms with E-state index in [4.69, 9.17) is 4.74 Å². The molecule has 148 valence electrons. The predicted molar refractivity (Wildman–Crippen MR) is 107 cm³/mol. The van der Waals surface area contributed by atoms with Crippen LogP contribution in [-0.2, 0) is 4.74 Å². The second-order valence-corrected chi connectivity index (χ2v) is 7.99. The van der Waals surface area contributed by atoms with Crippen LogP contribution in [0.25, 0.3) is 0 Å². The summed E-state index contributed by atoms with van der Waals surface area (Å²) in [7, 11) is 0. The van der Waals surface area contributed by atoms with Crippen LogP contribution in [0.5, 0.6) is 0 Å². The van der Waals surface area contributed by atoms with Crippen molar-refractivity contribution in [2.45, 2.75) is 25.3 Å². The summed E-state index contributed by atoms with van der Waals surface area (Å²) >= 11 is 0. The lowest BCUT2D eigenvalue weighted by Crippen LogP contribution is -2.52. The number of para-hydroxylation sites is 1. The number of nitrogens with one attached hydrogen (secondary N) is 1. The van der Waals surface area contributed by atoms with Crippen LogP contribution in [0.2, 0.25) is 0 Å². The van der Waals surface area contributed by atoms with E-state index in [0.29, 0.717) is 12.0 Å². The first-order valence-electron chi connectivity index (χ1n) is 10.4. The summed E-state index contributed by atoms with van der Waals surface area (Å²) < 4.78 is 5.45. The third kappa shape index (κ3) is 4.74. The highest BCUT2D eigenvalue weighted by atomic mass is 16.5. The smallest absolute Gasteiger partial charge is 0.317 e. The van der Waals surface area contributed by atoms with Crippen LogP contribution in [0.3, 0.4) is 0 Å². The highest BCUT2D eigenvalue weighted by molar-refractivity contribution is 5.74. The molecule has 4 rings (SSSR count). The van der Waals surface area contributed by atoms with Gasteiger partial charge in [-0.2, -0.15) is 0 Å². The maximum Gasteiger partial charge on any atom is 0.317 e. The number of amides is 2. The number of hydrogen-bond acceptors (Lipinski definition) is 4. The lowest BCUT2D eigenvalue weighted by Gasteiger charge is -2.40. The van der Waals surface area contributed by atoms with Gasteiger partial charge in [0.1, 0.15) is 0 Å². The molecule has 0 aliphatic carbocycles. The minimum absolute atomic E-state index is 0.119. The minimum atomic E-state index is 0.119. The Bertz CT molecular complexity index is 597. The van der Waals surface area contributed by atoms with Crippen molar-refractivity contribution in [1.29, 1.82) is 0 Å². The fourth-order valence-corrected chi connectivity index (χ4v) is 4.59. The average molecular weight is 373 g/mol. The van der Waals surface area contributed by atoms with Crippen molar-refractivity contribution in [3.05, 3.63) is 30.3 Å². The van der Waals surface area contributed by atoms with Gasteiger partial charge in [0.05, 0.1) is 13.2 Å². The molecule has 3 heterocycles. The van der Waals surface area contributed by atoms with E-state index < -0.39 is 0 Å². The number of anilines is 1. The largest absolute Gasteiger partial charge is 0.379 e. The summed E-state index contributed by atoms with van der Waals surface area (Å²) in [5.74, 6) is 0.542. The van der Waals surface area contributed by atoms with Crippen molar-refractivity contribution in [2.24, 2.45) is 5.92 Å². The van der Waals surface area contributed by atoms with Crippen LogP contribution in [0.4, 0.5) is 10.5 Å². The molecule has 27 heavy (non-hydrogen) atoms. The summed E-state index contributed by atoms with van der Waals surface area (Å²) in [5, 5.41) is 3.19. The van der Waals surface area contributed by atoms with Gasteiger partial charge in [-0.3, -0.25) is 4.90 Å². The molecule has 0 spiro atoms. The van der Waals surface area contributed by atoms with Crippen LogP contribution >= 0.6 is 0 Å². The van der Waals surface area contributed by atoms with E-state index in [2.05, 4.69) is 45.4 Å². The summed E-state index contributed by atoms with van der Waals surface area (Å²) in [6, 6.07) is 11.3. The first-order chi connectivity index (χ1) is 13.3. The molecule has 2 amide bonds. The Hall–Kier alpha value is -1.79. The first-order valence-corrected chi connectivity index (χ1v) is 10.4. The Morgan fingerprint density at radius 1 is 1.00 bits per heavy atom. The van der Waals surface area contributed by atoms with Crippen LogP contribution in [0.15, 0.2) is 30.3 Å². The van der Waals surface area contributed by atoms with E-state index in [9.17, 15) is 4.79 Å². The standard InChI is InChI=1S/C21H32N4O2/c26-21(24-10-7-20(8-11-24)23-12-14-27-15-13-23)22-16-18-6-9-25(17-18)19-4-2-1-3-5-19/h1-5,18,20H,6-17H2,(H,22,26). The molecule has 3 aliphatic rings. The number of likely N-dealkylation sites (tertiary alicyclic amines) is 1. The van der Waals surface area contributed by atoms with Crippen LogP contribution in [0, 0.1) is 5.92 Å². The van der Waals surface area contributed by atoms with Gasteiger partial charge in [0, 0.05) is 57.5 Å². The molecule has 0 saturated carbocycles. The number of piperidine rings is 1. The molecular formula is C21H32N4O2. The maximum atomic E-state index is 12.6. The molecule has 1 unspecified atom stereocenters. The van der Waals surface area contributed by atoms with E-state index >= 15 is 0 Å². The van der Waals surface area contributed by atoms with Gasteiger partial charge in [-0.25, -0.2) is 4.79 Å². The van der Waals surface area contributed by atoms with Crippen molar-refractivity contribution in [2.75, 3.05) is 63.9 Å². The molecule has 0 radical (unpaired) electrons. The Kier molecular flexibility index (Phi) is 6.14. The average Bonchev–Trinajstić information content (AvgIpc) is 3.22. The quantitative estimate of drug-likeness (QED) is 0.879. The zero-order chi connectivity index (χ0) is 18.5. The van der Waals surface area contributed by atoms with E-state index in [1.54, 1.807) is 0 Å². The van der Waals surface area contributed by atoms with E-state index in [1.807, 2.05) is 4.90 Å². The Morgan fingerprint density at radius 3 is 2.48 bits per heavy atom. The predicted octanol–water partition coefficient (Wildman–Crippen LogP) is 2.02. The molecule has 1 aromatic rings. The number of hydrogen-bond donors (Lipinski definition) is 1. The normalized spacial score (nSPS) is 25.0. The molecule has 1 aromatic carbocycles. The Morgan fingerprint density at radius 2 is 1.74 bits per heavy atom. The van der Waals surface area contributed by atoms with Crippen LogP contribution in [-0.4, -0.2) is 80.9 Å². The SMILES string of the molecule is O=C(NCC1CCN(c2ccccc2)C1)N1CCC(N2CCOCC2)CC1. The molecule has 0 bridgehead atoms. The van der Waals surface area contributed by atoms with Crippen molar-refractivity contribution in [1.82, 2.24) is 15.1 Å². The van der Waals surface area contributed by atoms with Crippen molar-refractivity contribution < 1.29 is 9.53 Å². The number of urea groups is 1. The lowest BCUT2D eigenvalue weighted by molar-refractivity contribution is 0.00379. The summed E-state index contributed by atoms with van der Waals surface area (Å²) in [6.07, 6.45) is 3.31. The van der Waals surface area contributed by atoms with Gasteiger partial charge in [0.2, 0.25) is 0 Å². The van der Waals surface area contributed by atoms with E-state index in [1.165, 1.54) is 5.69 Å². The molecular weight excluding hydrogens is 340 g/mol. The highest BCUT2D eigenvalue weighted by Crippen LogP contribution is 2.23. The third-order valence-corrected chi connectivity index (χ3v) is 6.26. The maximum absolute atomic E-state index is 12.6. The zero-order valence-corrected chi connectivity index (χ0v) is 16.2. The molecule has 3 fully saturated rings. The van der Waals surface area contributed by atoms with E-state index in [0.717, 1.165) is 78.3 Å². The van der Waals surface area contributed by atoms with Gasteiger partial charge in [0.15, 0.2) is 0 Å². The number of benzene rings is 1. The molecule has 1 atom stereocenters. The summed E-state index contributed by atoms with van der Waals surface area (Å²) in [6.45, 7) is 8.41. The Labute approximate surface area is 162 Å². The number of carbonyl (C=O) groups excluding carboxylic acids is 1. The number of nitrogens with zero attached hydrogens (tertiary/aromatic N) is 3. The molecule has 3 saturated heterocycles. The third-order valence-electron chi connectivity index (χ3n) is 6.26. The fraction of sp³-hybridized carbons (Fsp3) is 0.667. The van der Waals surface area contributed by atoms with Crippen molar-refractivity contribution in [3.8, 4) is 0 Å². The molecule has 1 N–H and O–H groups in total. The van der Waals surface area contributed by atoms with Gasteiger partial charge < -0.3 is 19.9 Å². The fourth-order valence-electron chi connectivity index (χ4n) is 4.59. The van der Waals surface area contributed by atoms with Gasteiger partial charge in [-0.15, -0.1) is 0 Å². The van der Waals surface area contributed by atoms with Crippen LogP contribution < -0.4 is 10.2 Å². The first kappa shape index (κ1) is 18.6. The summed E-state index contributed by atoms with van der Waals surface area (Å²) in [4.78, 5) is 19.5. The van der Waals surface area contributed by atoms with Gasteiger partial charge >= 0.3 is 6.03 Å². The Balaban J connectivity index is 1.17. The van der Waals surface area contributed by atoms with E-state index in [-0.39, 0.29) is 6.03 Å². The van der Waals surface area contributed by atoms with Crippen molar-refractivity contribution >= 4 is 11.7 Å². The van der Waals surface area contributed by atoms with Crippen LogP contribution in [0.1, 0.15) is 19.3 Å². The minimum Gasteiger partial charge on any atom is -0.379 e. The van der Waals surface area contributed by atoms with Gasteiger partial charge in [-0.1, -0.05) is 18.2 Å². The van der Waals surface area contributed by atoms with Gasteiger partial charge in [0.25, 0.3) is 0 Å². The number of morpholine rings is 1. The highest BCUT2D eigenvalue weighted by Gasteiger charge is 2.28. The molecule has 6 nitrogen and oxygen atoms in total. The number of ether oxygens (including phenoxy) is 1. The van der Waals surface area contributed by atoms with Crippen molar-refractivity contribution in [3.63, 3.8) is 0 Å². The molecule has 0 aromatic heterocycles. The lowest BCUT2D eigenvalue weighted by atomic mass is 10.0. The number of carbonyl (C=O) groups is 1. The topological polar surface area (TPSA) is 48.1 Å².